The summed E-state index contributed by atoms with van der Waals surface area (Å²) < 4.78 is 0. The van der Waals surface area contributed by atoms with Crippen molar-refractivity contribution >= 4 is 16.8 Å². The molecule has 0 spiro atoms. The molecule has 2 aliphatic rings. The summed E-state index contributed by atoms with van der Waals surface area (Å²) in [7, 11) is 0. The number of fused-ring (bicyclic) bond motifs is 3. The van der Waals surface area contributed by atoms with E-state index in [0.717, 1.165) is 36.6 Å². The predicted molar refractivity (Wildman–Crippen MR) is 109 cm³/mol. The molecule has 0 aliphatic carbocycles. The van der Waals surface area contributed by atoms with Gasteiger partial charge in [0.15, 0.2) is 0 Å². The average Bonchev–Trinajstić information content (AvgIpc) is 3.30. The van der Waals surface area contributed by atoms with Gasteiger partial charge in [-0.15, -0.1) is 0 Å². The van der Waals surface area contributed by atoms with Crippen LogP contribution in [-0.2, 0) is 6.42 Å². The number of carbonyl (C=O) groups is 1. The van der Waals surface area contributed by atoms with E-state index >= 15 is 0 Å². The fourth-order valence-electron chi connectivity index (χ4n) is 5.43. The number of pyridine rings is 1. The van der Waals surface area contributed by atoms with Crippen LogP contribution in [0.1, 0.15) is 35.2 Å². The molecule has 2 aliphatic heterocycles. The van der Waals surface area contributed by atoms with Gasteiger partial charge in [-0.2, -0.15) is 0 Å². The van der Waals surface area contributed by atoms with Crippen molar-refractivity contribution in [2.45, 2.75) is 37.8 Å². The number of para-hydroxylation sites is 1. The molecule has 0 radical (unpaired) electrons. The minimum Gasteiger partial charge on any atom is -0.396 e. The van der Waals surface area contributed by atoms with Crippen molar-refractivity contribution in [1.82, 2.24) is 9.88 Å². The van der Waals surface area contributed by atoms with Crippen molar-refractivity contribution < 1.29 is 9.90 Å². The molecule has 3 atom stereocenters. The van der Waals surface area contributed by atoms with E-state index < -0.39 is 0 Å². The first-order valence-electron chi connectivity index (χ1n) is 10.0. The van der Waals surface area contributed by atoms with Gasteiger partial charge in [0, 0.05) is 29.1 Å². The SMILES string of the molecule is O=C(c1cccc2cccnc12)N1[C@@H]2CC[C@H]1[C@](CO)(Cc1ccccc1)C2. The van der Waals surface area contributed by atoms with E-state index in [0.29, 0.717) is 5.56 Å². The fourth-order valence-corrected chi connectivity index (χ4v) is 5.43. The summed E-state index contributed by atoms with van der Waals surface area (Å²) in [5.41, 5.74) is 2.41. The van der Waals surface area contributed by atoms with Gasteiger partial charge in [-0.25, -0.2) is 0 Å². The summed E-state index contributed by atoms with van der Waals surface area (Å²) in [6.07, 6.45) is 5.40. The quantitative estimate of drug-likeness (QED) is 0.757. The standard InChI is InChI=1S/C24H24N2O2/c27-16-24(14-17-6-2-1-3-7-17)15-19-11-12-21(24)26(19)23(28)20-10-4-8-18-9-5-13-25-22(18)20/h1-10,13,19,21,27H,11-12,14-16H2/t19-,21+,24-/m1/s1. The van der Waals surface area contributed by atoms with Crippen LogP contribution in [0.2, 0.25) is 0 Å². The molecule has 2 bridgehead atoms. The first-order valence-corrected chi connectivity index (χ1v) is 10.0. The van der Waals surface area contributed by atoms with E-state index in [-0.39, 0.29) is 30.0 Å². The zero-order valence-corrected chi connectivity index (χ0v) is 15.8. The average molecular weight is 372 g/mol. The number of nitrogens with zero attached hydrogens (tertiary/aromatic N) is 2. The van der Waals surface area contributed by atoms with E-state index in [9.17, 15) is 9.90 Å². The van der Waals surface area contributed by atoms with Crippen molar-refractivity contribution in [3.8, 4) is 0 Å². The largest absolute Gasteiger partial charge is 0.396 e. The minimum atomic E-state index is -0.252. The molecule has 28 heavy (non-hydrogen) atoms. The maximum absolute atomic E-state index is 13.6. The number of hydrogen-bond acceptors (Lipinski definition) is 3. The predicted octanol–water partition coefficient (Wildman–Crippen LogP) is 3.83. The minimum absolute atomic E-state index is 0.0557. The lowest BCUT2D eigenvalue weighted by Gasteiger charge is -2.36. The number of aliphatic hydroxyl groups is 1. The van der Waals surface area contributed by atoms with Crippen molar-refractivity contribution in [3.05, 3.63) is 78.0 Å². The number of amides is 1. The Hall–Kier alpha value is -2.72. The summed E-state index contributed by atoms with van der Waals surface area (Å²) in [6.45, 7) is 0.112. The van der Waals surface area contributed by atoms with Crippen LogP contribution in [-0.4, -0.2) is 39.6 Å². The molecule has 0 unspecified atom stereocenters. The first kappa shape index (κ1) is 17.4. The molecule has 3 aromatic rings. The molecular formula is C24H24N2O2. The normalized spacial score (nSPS) is 26.1. The second kappa shape index (κ2) is 6.71. The third kappa shape index (κ3) is 2.63. The van der Waals surface area contributed by atoms with E-state index in [1.807, 2.05) is 48.5 Å². The summed E-state index contributed by atoms with van der Waals surface area (Å²) >= 11 is 0. The Morgan fingerprint density at radius 2 is 1.89 bits per heavy atom. The third-order valence-corrected chi connectivity index (χ3v) is 6.66. The highest BCUT2D eigenvalue weighted by atomic mass is 16.3. The third-order valence-electron chi connectivity index (χ3n) is 6.66. The Balaban J connectivity index is 1.50. The Labute approximate surface area is 164 Å². The zero-order chi connectivity index (χ0) is 19.1. The van der Waals surface area contributed by atoms with Crippen LogP contribution < -0.4 is 0 Å². The highest BCUT2D eigenvalue weighted by molar-refractivity contribution is 6.05. The van der Waals surface area contributed by atoms with Gasteiger partial charge in [0.25, 0.3) is 5.91 Å². The molecule has 1 amide bonds. The van der Waals surface area contributed by atoms with E-state index in [1.165, 1.54) is 5.56 Å². The van der Waals surface area contributed by atoms with Crippen molar-refractivity contribution in [3.63, 3.8) is 0 Å². The monoisotopic (exact) mass is 372 g/mol. The molecule has 0 saturated carbocycles. The van der Waals surface area contributed by atoms with Crippen LogP contribution in [0.5, 0.6) is 0 Å². The molecule has 3 heterocycles. The Bertz CT molecular complexity index is 1010. The van der Waals surface area contributed by atoms with E-state index in [2.05, 4.69) is 22.0 Å². The lowest BCUT2D eigenvalue weighted by Crippen LogP contribution is -2.44. The summed E-state index contributed by atoms with van der Waals surface area (Å²) in [5, 5.41) is 11.4. The zero-order valence-electron chi connectivity index (χ0n) is 15.8. The molecule has 142 valence electrons. The number of hydrogen-bond donors (Lipinski definition) is 1. The van der Waals surface area contributed by atoms with Crippen molar-refractivity contribution in [1.29, 1.82) is 0 Å². The summed E-state index contributed by atoms with van der Waals surface area (Å²) in [6, 6.07) is 20.3. The van der Waals surface area contributed by atoms with Crippen LogP contribution in [0.4, 0.5) is 0 Å². The molecule has 1 N–H and O–H groups in total. The number of rotatable bonds is 4. The van der Waals surface area contributed by atoms with Gasteiger partial charge in [-0.1, -0.05) is 48.5 Å². The Morgan fingerprint density at radius 1 is 1.07 bits per heavy atom. The number of aliphatic hydroxyl groups excluding tert-OH is 1. The molecule has 4 heteroatoms. The second-order valence-electron chi connectivity index (χ2n) is 8.23. The van der Waals surface area contributed by atoms with Crippen LogP contribution in [0.15, 0.2) is 66.9 Å². The molecule has 2 fully saturated rings. The lowest BCUT2D eigenvalue weighted by molar-refractivity contribution is 0.0572. The first-order chi connectivity index (χ1) is 13.7. The highest BCUT2D eigenvalue weighted by Gasteiger charge is 2.57. The van der Waals surface area contributed by atoms with Gasteiger partial charge < -0.3 is 10.0 Å². The Kier molecular flexibility index (Phi) is 4.17. The molecular weight excluding hydrogens is 348 g/mol. The Morgan fingerprint density at radius 3 is 2.71 bits per heavy atom. The fraction of sp³-hybridized carbons (Fsp3) is 0.333. The van der Waals surface area contributed by atoms with Crippen LogP contribution in [0.25, 0.3) is 10.9 Å². The molecule has 2 aromatic carbocycles. The molecule has 5 rings (SSSR count). The summed E-state index contributed by atoms with van der Waals surface area (Å²) in [5.74, 6) is 0.0557. The maximum atomic E-state index is 13.6. The summed E-state index contributed by atoms with van der Waals surface area (Å²) in [4.78, 5) is 20.1. The second-order valence-corrected chi connectivity index (χ2v) is 8.23. The van der Waals surface area contributed by atoms with Gasteiger partial charge in [0.1, 0.15) is 0 Å². The van der Waals surface area contributed by atoms with Gasteiger partial charge in [-0.3, -0.25) is 9.78 Å². The highest BCUT2D eigenvalue weighted by Crippen LogP contribution is 2.51. The number of aromatic nitrogens is 1. The maximum Gasteiger partial charge on any atom is 0.256 e. The number of benzene rings is 2. The smallest absolute Gasteiger partial charge is 0.256 e. The van der Waals surface area contributed by atoms with E-state index in [1.54, 1.807) is 6.20 Å². The van der Waals surface area contributed by atoms with Crippen LogP contribution in [0, 0.1) is 5.41 Å². The van der Waals surface area contributed by atoms with Gasteiger partial charge in [0.2, 0.25) is 0 Å². The van der Waals surface area contributed by atoms with Crippen molar-refractivity contribution in [2.75, 3.05) is 6.61 Å². The van der Waals surface area contributed by atoms with Gasteiger partial charge in [-0.05, 0) is 43.4 Å². The number of carbonyl (C=O) groups excluding carboxylic acids is 1. The molecule has 1 aromatic heterocycles. The van der Waals surface area contributed by atoms with Crippen molar-refractivity contribution in [2.24, 2.45) is 5.41 Å². The van der Waals surface area contributed by atoms with E-state index in [4.69, 9.17) is 0 Å². The van der Waals surface area contributed by atoms with Crippen LogP contribution in [0.3, 0.4) is 0 Å². The van der Waals surface area contributed by atoms with Crippen LogP contribution >= 0.6 is 0 Å². The molecule has 4 nitrogen and oxygen atoms in total. The van der Waals surface area contributed by atoms with Gasteiger partial charge >= 0.3 is 0 Å². The molecule has 2 saturated heterocycles. The van der Waals surface area contributed by atoms with Gasteiger partial charge in [0.05, 0.1) is 17.7 Å². The lowest BCUT2D eigenvalue weighted by atomic mass is 9.70. The topological polar surface area (TPSA) is 53.4 Å².